The largest absolute Gasteiger partial charge is 0.508 e. The predicted molar refractivity (Wildman–Crippen MR) is 80.2 cm³/mol. The predicted octanol–water partition coefficient (Wildman–Crippen LogP) is 4.04. The summed E-state index contributed by atoms with van der Waals surface area (Å²) in [6.45, 7) is 0. The summed E-state index contributed by atoms with van der Waals surface area (Å²) in [5, 5.41) is 12.0. The molecule has 2 aromatic rings. The number of nitrogens with one attached hydrogen (secondary N) is 1. The summed E-state index contributed by atoms with van der Waals surface area (Å²) in [4.78, 5) is 12.0. The minimum Gasteiger partial charge on any atom is -0.508 e. The highest BCUT2D eigenvalue weighted by atomic mass is 127. The van der Waals surface area contributed by atoms with E-state index >= 15 is 0 Å². The molecule has 2 N–H and O–H groups in total. The van der Waals surface area contributed by atoms with E-state index in [0.717, 1.165) is 6.07 Å². The molecule has 6 heteroatoms. The standard InChI is InChI=1S/C13H8ClFINO2/c14-7-1-3-11(16)9(5-7)13(19)17-12-4-2-8(18)6-10(12)15/h1-6,18H,(H,17,19). The number of anilines is 1. The molecule has 1 amide bonds. The van der Waals surface area contributed by atoms with Crippen molar-refractivity contribution in [1.82, 2.24) is 0 Å². The lowest BCUT2D eigenvalue weighted by Gasteiger charge is -2.08. The molecule has 19 heavy (non-hydrogen) atoms. The lowest BCUT2D eigenvalue weighted by Crippen LogP contribution is -2.14. The highest BCUT2D eigenvalue weighted by molar-refractivity contribution is 14.1. The second kappa shape index (κ2) is 5.75. The zero-order chi connectivity index (χ0) is 14.0. The summed E-state index contributed by atoms with van der Waals surface area (Å²) in [6, 6.07) is 8.39. The van der Waals surface area contributed by atoms with Gasteiger partial charge in [0, 0.05) is 14.7 Å². The van der Waals surface area contributed by atoms with Crippen molar-refractivity contribution in [3.8, 4) is 5.75 Å². The molecule has 0 saturated carbocycles. The average Bonchev–Trinajstić information content (AvgIpc) is 2.35. The summed E-state index contributed by atoms with van der Waals surface area (Å²) >= 11 is 7.82. The van der Waals surface area contributed by atoms with Crippen LogP contribution in [0.1, 0.15) is 10.4 Å². The lowest BCUT2D eigenvalue weighted by molar-refractivity contribution is 0.102. The summed E-state index contributed by atoms with van der Waals surface area (Å²) < 4.78 is 14.2. The Morgan fingerprint density at radius 1 is 1.26 bits per heavy atom. The van der Waals surface area contributed by atoms with Crippen LogP contribution in [-0.4, -0.2) is 11.0 Å². The molecule has 0 spiro atoms. The third kappa shape index (κ3) is 3.36. The molecule has 0 saturated heterocycles. The molecule has 3 nitrogen and oxygen atoms in total. The number of carbonyl (C=O) groups is 1. The maximum Gasteiger partial charge on any atom is 0.256 e. The Labute approximate surface area is 127 Å². The zero-order valence-electron chi connectivity index (χ0n) is 9.45. The van der Waals surface area contributed by atoms with Crippen molar-refractivity contribution in [2.45, 2.75) is 0 Å². The van der Waals surface area contributed by atoms with Crippen molar-refractivity contribution in [3.63, 3.8) is 0 Å². The first-order valence-corrected chi connectivity index (χ1v) is 6.68. The van der Waals surface area contributed by atoms with Crippen molar-refractivity contribution in [2.24, 2.45) is 0 Å². The Hall–Kier alpha value is -1.34. The van der Waals surface area contributed by atoms with Crippen LogP contribution in [-0.2, 0) is 0 Å². The molecule has 2 rings (SSSR count). The number of hydrogen-bond acceptors (Lipinski definition) is 2. The number of phenolic OH excluding ortho intramolecular Hbond substituents is 1. The Morgan fingerprint density at radius 2 is 2.00 bits per heavy atom. The molecule has 0 aliphatic carbocycles. The van der Waals surface area contributed by atoms with E-state index in [9.17, 15) is 9.18 Å². The van der Waals surface area contributed by atoms with Crippen LogP contribution in [0.4, 0.5) is 10.1 Å². The number of halogens is 3. The molecule has 0 fully saturated rings. The van der Waals surface area contributed by atoms with Gasteiger partial charge in [-0.1, -0.05) is 11.6 Å². The molecular formula is C13H8ClFINO2. The fraction of sp³-hybridized carbons (Fsp3) is 0. The van der Waals surface area contributed by atoms with Gasteiger partial charge in [0.05, 0.1) is 11.3 Å². The molecule has 0 atom stereocenters. The van der Waals surface area contributed by atoms with Gasteiger partial charge in [0.1, 0.15) is 11.6 Å². The maximum absolute atomic E-state index is 13.5. The van der Waals surface area contributed by atoms with Crippen molar-refractivity contribution in [3.05, 3.63) is 56.4 Å². The van der Waals surface area contributed by atoms with E-state index in [1.165, 1.54) is 18.2 Å². The van der Waals surface area contributed by atoms with Gasteiger partial charge in [0.2, 0.25) is 0 Å². The molecule has 0 bridgehead atoms. The smallest absolute Gasteiger partial charge is 0.256 e. The molecule has 0 unspecified atom stereocenters. The quantitative estimate of drug-likeness (QED) is 0.600. The number of benzene rings is 2. The highest BCUT2D eigenvalue weighted by Crippen LogP contribution is 2.22. The van der Waals surface area contributed by atoms with Crippen LogP contribution in [0, 0.1) is 9.39 Å². The van der Waals surface area contributed by atoms with E-state index in [-0.39, 0.29) is 11.4 Å². The molecule has 0 aliphatic heterocycles. The molecule has 98 valence electrons. The van der Waals surface area contributed by atoms with E-state index in [2.05, 4.69) is 5.32 Å². The molecule has 0 aliphatic rings. The molecule has 2 aromatic carbocycles. The van der Waals surface area contributed by atoms with Crippen LogP contribution in [0.25, 0.3) is 0 Å². The highest BCUT2D eigenvalue weighted by Gasteiger charge is 2.13. The first kappa shape index (κ1) is 14.1. The monoisotopic (exact) mass is 391 g/mol. The van der Waals surface area contributed by atoms with Crippen molar-refractivity contribution in [2.75, 3.05) is 5.32 Å². The van der Waals surface area contributed by atoms with Crippen LogP contribution in [0.15, 0.2) is 36.4 Å². The van der Waals surface area contributed by atoms with Crippen molar-refractivity contribution in [1.29, 1.82) is 0 Å². The third-order valence-electron chi connectivity index (χ3n) is 2.37. The topological polar surface area (TPSA) is 49.3 Å². The van der Waals surface area contributed by atoms with Crippen LogP contribution < -0.4 is 5.32 Å². The van der Waals surface area contributed by atoms with Gasteiger partial charge >= 0.3 is 0 Å². The summed E-state index contributed by atoms with van der Waals surface area (Å²) in [7, 11) is 0. The number of hydrogen-bond donors (Lipinski definition) is 2. The Kier molecular flexibility index (Phi) is 4.26. The SMILES string of the molecule is O=C(Nc1ccc(O)cc1F)c1cc(Cl)ccc1I. The van der Waals surface area contributed by atoms with Gasteiger partial charge in [-0.2, -0.15) is 0 Å². The number of amides is 1. The van der Waals surface area contributed by atoms with Crippen LogP contribution in [0.2, 0.25) is 5.02 Å². The van der Waals surface area contributed by atoms with Crippen LogP contribution in [0.3, 0.4) is 0 Å². The minimum absolute atomic E-state index is 0.00132. The van der Waals surface area contributed by atoms with Gasteiger partial charge in [-0.3, -0.25) is 4.79 Å². The van der Waals surface area contributed by atoms with Crippen LogP contribution in [0.5, 0.6) is 5.75 Å². The number of carbonyl (C=O) groups excluding carboxylic acids is 1. The second-order valence-corrected chi connectivity index (χ2v) is 5.34. The Morgan fingerprint density at radius 3 is 2.68 bits per heavy atom. The molecule has 0 radical (unpaired) electrons. The lowest BCUT2D eigenvalue weighted by atomic mass is 10.2. The summed E-state index contributed by atoms with van der Waals surface area (Å²) in [5.74, 6) is -1.37. The summed E-state index contributed by atoms with van der Waals surface area (Å²) in [5.41, 5.74) is 0.360. The number of aromatic hydroxyl groups is 1. The van der Waals surface area contributed by atoms with Gasteiger partial charge in [-0.25, -0.2) is 4.39 Å². The number of phenols is 1. The fourth-order valence-corrected chi connectivity index (χ4v) is 2.22. The normalized spacial score (nSPS) is 10.3. The fourth-order valence-electron chi connectivity index (χ4n) is 1.47. The Balaban J connectivity index is 2.28. The Bertz CT molecular complexity index is 649. The third-order valence-corrected chi connectivity index (χ3v) is 3.55. The average molecular weight is 392 g/mol. The number of rotatable bonds is 2. The molecule has 0 heterocycles. The van der Waals surface area contributed by atoms with Crippen molar-refractivity contribution < 1.29 is 14.3 Å². The van der Waals surface area contributed by atoms with Gasteiger partial charge in [0.25, 0.3) is 5.91 Å². The zero-order valence-corrected chi connectivity index (χ0v) is 12.4. The van der Waals surface area contributed by atoms with Gasteiger partial charge in [-0.05, 0) is 52.9 Å². The van der Waals surface area contributed by atoms with Crippen LogP contribution >= 0.6 is 34.2 Å². The van der Waals surface area contributed by atoms with E-state index in [0.29, 0.717) is 14.2 Å². The second-order valence-electron chi connectivity index (χ2n) is 3.74. The van der Waals surface area contributed by atoms with E-state index in [1.54, 1.807) is 12.1 Å². The van der Waals surface area contributed by atoms with E-state index in [4.69, 9.17) is 16.7 Å². The van der Waals surface area contributed by atoms with Gasteiger partial charge in [0.15, 0.2) is 0 Å². The first-order chi connectivity index (χ1) is 8.97. The molecule has 0 aromatic heterocycles. The first-order valence-electron chi connectivity index (χ1n) is 5.22. The van der Waals surface area contributed by atoms with Crippen molar-refractivity contribution >= 4 is 45.8 Å². The van der Waals surface area contributed by atoms with Gasteiger partial charge < -0.3 is 10.4 Å². The maximum atomic E-state index is 13.5. The summed E-state index contributed by atoms with van der Waals surface area (Å²) in [6.07, 6.45) is 0. The van der Waals surface area contributed by atoms with Gasteiger partial charge in [-0.15, -0.1) is 0 Å². The van der Waals surface area contributed by atoms with E-state index in [1.807, 2.05) is 22.6 Å². The van der Waals surface area contributed by atoms with E-state index < -0.39 is 11.7 Å². The minimum atomic E-state index is -0.703. The molecular weight excluding hydrogens is 384 g/mol.